The van der Waals surface area contributed by atoms with Crippen LogP contribution < -0.4 is 0 Å². The van der Waals surface area contributed by atoms with Crippen LogP contribution in [0.4, 0.5) is 0 Å². The molecule has 1 aromatic heterocycles. The molecule has 1 amide bonds. The number of imidazole rings is 1. The molecule has 2 atom stereocenters. The van der Waals surface area contributed by atoms with Gasteiger partial charge in [0.1, 0.15) is 6.04 Å². The van der Waals surface area contributed by atoms with E-state index in [0.29, 0.717) is 0 Å². The normalized spacial score (nSPS) is 19.7. The molecule has 0 saturated carbocycles. The maximum Gasteiger partial charge on any atom is 0.245 e. The Morgan fingerprint density at radius 1 is 1.45 bits per heavy atom. The van der Waals surface area contributed by atoms with Crippen LogP contribution in [0.25, 0.3) is 11.0 Å². The second-order valence-corrected chi connectivity index (χ2v) is 6.01. The van der Waals surface area contributed by atoms with E-state index in [0.717, 1.165) is 43.3 Å². The summed E-state index contributed by atoms with van der Waals surface area (Å²) in [6, 6.07) is 7.91. The third-order valence-electron chi connectivity index (χ3n) is 4.61. The fourth-order valence-electron chi connectivity index (χ4n) is 3.40. The molecular weight excluding hydrogens is 278 g/mol. The average molecular weight is 301 g/mol. The number of rotatable bonds is 5. The van der Waals surface area contributed by atoms with Gasteiger partial charge in [-0.25, -0.2) is 4.98 Å². The van der Waals surface area contributed by atoms with Gasteiger partial charge < -0.3 is 14.6 Å². The molecule has 0 spiro atoms. The molecule has 1 aliphatic heterocycles. The molecule has 1 aliphatic rings. The molecule has 22 heavy (non-hydrogen) atoms. The molecule has 1 N–H and O–H groups in total. The Labute approximate surface area is 130 Å². The Kier molecular flexibility index (Phi) is 4.43. The number of fused-ring (bicyclic) bond motifs is 1. The number of para-hydroxylation sites is 2. The number of carbonyl (C=O) groups excluding carboxylic acids is 1. The molecule has 1 fully saturated rings. The van der Waals surface area contributed by atoms with Gasteiger partial charge in [-0.15, -0.1) is 0 Å². The quantitative estimate of drug-likeness (QED) is 0.922. The highest BCUT2D eigenvalue weighted by molar-refractivity contribution is 5.84. The van der Waals surface area contributed by atoms with Gasteiger partial charge in [-0.05, 0) is 44.7 Å². The molecule has 1 aromatic carbocycles. The first-order valence-corrected chi connectivity index (χ1v) is 8.05. The summed E-state index contributed by atoms with van der Waals surface area (Å²) in [6.07, 6.45) is 5.50. The third-order valence-corrected chi connectivity index (χ3v) is 4.61. The first-order valence-electron chi connectivity index (χ1n) is 8.05. The second-order valence-electron chi connectivity index (χ2n) is 6.01. The molecule has 5 heteroatoms. The topological polar surface area (TPSA) is 58.4 Å². The second kappa shape index (κ2) is 6.48. The highest BCUT2D eigenvalue weighted by Crippen LogP contribution is 2.26. The monoisotopic (exact) mass is 301 g/mol. The number of hydrogen-bond acceptors (Lipinski definition) is 3. The van der Waals surface area contributed by atoms with Gasteiger partial charge in [-0.1, -0.05) is 12.1 Å². The predicted molar refractivity (Wildman–Crippen MR) is 85.5 cm³/mol. The van der Waals surface area contributed by atoms with Gasteiger partial charge in [0.15, 0.2) is 0 Å². The fraction of sp³-hybridized carbons (Fsp3) is 0.529. The Morgan fingerprint density at radius 2 is 2.27 bits per heavy atom. The SMILES string of the molecule is CC(C(=O)N1CCCC1CCCO)n1cnc2ccccc21. The van der Waals surface area contributed by atoms with Gasteiger partial charge in [0.05, 0.1) is 17.4 Å². The van der Waals surface area contributed by atoms with Gasteiger partial charge in [0.2, 0.25) is 5.91 Å². The van der Waals surface area contributed by atoms with E-state index in [2.05, 4.69) is 4.98 Å². The van der Waals surface area contributed by atoms with Gasteiger partial charge in [-0.2, -0.15) is 0 Å². The third kappa shape index (κ3) is 2.73. The van der Waals surface area contributed by atoms with Crippen LogP contribution in [-0.4, -0.2) is 44.7 Å². The Morgan fingerprint density at radius 3 is 3.09 bits per heavy atom. The number of benzene rings is 1. The van der Waals surface area contributed by atoms with Gasteiger partial charge >= 0.3 is 0 Å². The van der Waals surface area contributed by atoms with Gasteiger partial charge in [-0.3, -0.25) is 4.79 Å². The number of likely N-dealkylation sites (tertiary alicyclic amines) is 1. The largest absolute Gasteiger partial charge is 0.396 e. The Hall–Kier alpha value is -1.88. The van der Waals surface area contributed by atoms with Crippen molar-refractivity contribution in [2.24, 2.45) is 0 Å². The van der Waals surface area contributed by atoms with Crippen LogP contribution in [0.2, 0.25) is 0 Å². The van der Waals surface area contributed by atoms with E-state index in [1.807, 2.05) is 40.7 Å². The molecule has 5 nitrogen and oxygen atoms in total. The number of carbonyl (C=O) groups is 1. The molecule has 2 unspecified atom stereocenters. The molecule has 0 bridgehead atoms. The minimum absolute atomic E-state index is 0.156. The van der Waals surface area contributed by atoms with E-state index in [-0.39, 0.29) is 24.6 Å². The number of amides is 1. The predicted octanol–water partition coefficient (Wildman–Crippen LogP) is 2.36. The van der Waals surface area contributed by atoms with E-state index < -0.39 is 0 Å². The summed E-state index contributed by atoms with van der Waals surface area (Å²) >= 11 is 0. The van der Waals surface area contributed by atoms with Gasteiger partial charge in [0, 0.05) is 19.2 Å². The molecule has 2 aromatic rings. The smallest absolute Gasteiger partial charge is 0.245 e. The van der Waals surface area contributed by atoms with Crippen LogP contribution in [-0.2, 0) is 4.79 Å². The van der Waals surface area contributed by atoms with Crippen molar-refractivity contribution in [1.29, 1.82) is 0 Å². The zero-order valence-corrected chi connectivity index (χ0v) is 13.0. The van der Waals surface area contributed by atoms with Crippen molar-refractivity contribution in [2.45, 2.75) is 44.7 Å². The van der Waals surface area contributed by atoms with Crippen LogP contribution in [0.1, 0.15) is 38.6 Å². The van der Waals surface area contributed by atoms with Crippen molar-refractivity contribution in [3.63, 3.8) is 0 Å². The maximum absolute atomic E-state index is 12.9. The van der Waals surface area contributed by atoms with Crippen molar-refractivity contribution in [3.05, 3.63) is 30.6 Å². The summed E-state index contributed by atoms with van der Waals surface area (Å²) in [7, 11) is 0. The summed E-state index contributed by atoms with van der Waals surface area (Å²) in [5, 5.41) is 9.01. The lowest BCUT2D eigenvalue weighted by Crippen LogP contribution is -2.39. The number of aromatic nitrogens is 2. The van der Waals surface area contributed by atoms with E-state index in [4.69, 9.17) is 5.11 Å². The molecule has 0 radical (unpaired) electrons. The Bertz CT molecular complexity index is 652. The number of hydrogen-bond donors (Lipinski definition) is 1. The fourth-order valence-corrected chi connectivity index (χ4v) is 3.40. The van der Waals surface area contributed by atoms with Crippen molar-refractivity contribution in [1.82, 2.24) is 14.5 Å². The highest BCUT2D eigenvalue weighted by atomic mass is 16.3. The van der Waals surface area contributed by atoms with Crippen LogP contribution in [0, 0.1) is 0 Å². The summed E-state index contributed by atoms with van der Waals surface area (Å²) in [4.78, 5) is 19.2. The molecule has 118 valence electrons. The summed E-state index contributed by atoms with van der Waals surface area (Å²) in [5.74, 6) is 0.156. The minimum Gasteiger partial charge on any atom is -0.396 e. The number of aliphatic hydroxyl groups excluding tert-OH is 1. The lowest BCUT2D eigenvalue weighted by Gasteiger charge is -2.28. The average Bonchev–Trinajstić information content (AvgIpc) is 3.18. The van der Waals surface area contributed by atoms with Crippen molar-refractivity contribution in [2.75, 3.05) is 13.2 Å². The molecule has 0 aliphatic carbocycles. The van der Waals surface area contributed by atoms with E-state index >= 15 is 0 Å². The summed E-state index contributed by atoms with van der Waals surface area (Å²) in [5.41, 5.74) is 1.91. The molecule has 1 saturated heterocycles. The first kappa shape index (κ1) is 15.0. The highest BCUT2D eigenvalue weighted by Gasteiger charge is 2.31. The molecular formula is C17H23N3O2. The van der Waals surface area contributed by atoms with Crippen molar-refractivity contribution in [3.8, 4) is 0 Å². The van der Waals surface area contributed by atoms with Crippen molar-refractivity contribution < 1.29 is 9.90 Å². The standard InChI is InChI=1S/C17H23N3O2/c1-13(20-12-18-15-8-2-3-9-16(15)20)17(22)19-10-4-6-14(19)7-5-11-21/h2-3,8-9,12-14,21H,4-7,10-11H2,1H3. The minimum atomic E-state index is -0.248. The van der Waals surface area contributed by atoms with Crippen molar-refractivity contribution >= 4 is 16.9 Å². The van der Waals surface area contributed by atoms with E-state index in [1.165, 1.54) is 0 Å². The number of nitrogens with zero attached hydrogens (tertiary/aromatic N) is 3. The lowest BCUT2D eigenvalue weighted by molar-refractivity contribution is -0.135. The van der Waals surface area contributed by atoms with Gasteiger partial charge in [0.25, 0.3) is 0 Å². The van der Waals surface area contributed by atoms with Crippen LogP contribution >= 0.6 is 0 Å². The van der Waals surface area contributed by atoms with E-state index in [9.17, 15) is 4.79 Å². The van der Waals surface area contributed by atoms with Crippen LogP contribution in [0.5, 0.6) is 0 Å². The lowest BCUT2D eigenvalue weighted by atomic mass is 10.1. The number of aliphatic hydroxyl groups is 1. The molecule has 3 rings (SSSR count). The molecule has 2 heterocycles. The zero-order valence-electron chi connectivity index (χ0n) is 13.0. The van der Waals surface area contributed by atoms with Crippen LogP contribution in [0.3, 0.4) is 0 Å². The van der Waals surface area contributed by atoms with Crippen LogP contribution in [0.15, 0.2) is 30.6 Å². The summed E-state index contributed by atoms with van der Waals surface area (Å²) < 4.78 is 1.96. The zero-order chi connectivity index (χ0) is 15.5. The van der Waals surface area contributed by atoms with E-state index in [1.54, 1.807) is 6.33 Å². The summed E-state index contributed by atoms with van der Waals surface area (Å²) in [6.45, 7) is 2.96. The Balaban J connectivity index is 1.79. The maximum atomic E-state index is 12.9. The first-order chi connectivity index (χ1) is 10.7.